The largest absolute Gasteiger partial charge is 0.475 e. The molecule has 5 rings (SSSR count). The molecule has 0 saturated heterocycles. The van der Waals surface area contributed by atoms with Gasteiger partial charge in [-0.25, -0.2) is 9.78 Å². The van der Waals surface area contributed by atoms with Crippen molar-refractivity contribution in [2.45, 2.75) is 0 Å². The van der Waals surface area contributed by atoms with Crippen LogP contribution in [0, 0.1) is 0 Å². The molecule has 3 heterocycles. The highest BCUT2D eigenvalue weighted by atomic mass is 16.5. The molecule has 0 aliphatic carbocycles. The second-order valence-corrected chi connectivity index (χ2v) is 7.43. The van der Waals surface area contributed by atoms with Crippen molar-refractivity contribution >= 4 is 23.2 Å². The Bertz CT molecular complexity index is 1480. The van der Waals surface area contributed by atoms with Gasteiger partial charge in [-0.2, -0.15) is 0 Å². The number of hydrazine groups is 1. The first-order chi connectivity index (χ1) is 17.0. The van der Waals surface area contributed by atoms with Crippen molar-refractivity contribution < 1.29 is 19.2 Å². The molecular formula is C26H21N5O4. The Hall–Kier alpha value is -4.73. The Kier molecular flexibility index (Phi) is 7.01. The number of benzene rings is 2. The number of nitrogens with two attached hydrogens (primary N) is 1. The number of carboxylic acid groups (broad SMARTS) is 1. The van der Waals surface area contributed by atoms with Gasteiger partial charge < -0.3 is 9.63 Å². The molecule has 0 amide bonds. The predicted molar refractivity (Wildman–Crippen MR) is 132 cm³/mol. The predicted octanol–water partition coefficient (Wildman–Crippen LogP) is 4.21. The number of aldehydes is 1. The van der Waals surface area contributed by atoms with Crippen molar-refractivity contribution in [2.75, 3.05) is 7.05 Å². The first kappa shape index (κ1) is 23.4. The van der Waals surface area contributed by atoms with E-state index in [2.05, 4.69) is 26.4 Å². The average molecular weight is 467 g/mol. The molecule has 0 bridgehead atoms. The molecule has 0 unspecified atom stereocenters. The molecule has 0 fully saturated rings. The normalized spacial score (nSPS) is 10.5. The van der Waals surface area contributed by atoms with Crippen molar-refractivity contribution in [3.63, 3.8) is 0 Å². The quantitative estimate of drug-likeness (QED) is 0.197. The van der Waals surface area contributed by atoms with Crippen molar-refractivity contribution in [3.05, 3.63) is 90.4 Å². The number of aromatic carboxylic acids is 1. The third-order valence-electron chi connectivity index (χ3n) is 5.18. The summed E-state index contributed by atoms with van der Waals surface area (Å²) in [6.45, 7) is 0. The number of pyridine rings is 2. The molecule has 0 radical (unpaired) electrons. The van der Waals surface area contributed by atoms with Gasteiger partial charge in [-0.3, -0.25) is 21.0 Å². The lowest BCUT2D eigenvalue weighted by Gasteiger charge is -2.08. The Labute approximate surface area is 200 Å². The number of fused-ring (bicyclic) bond motifs is 1. The van der Waals surface area contributed by atoms with Crippen LogP contribution in [0.3, 0.4) is 0 Å². The number of aromatic nitrogens is 3. The first-order valence-corrected chi connectivity index (χ1v) is 10.5. The molecule has 4 N–H and O–H groups in total. The minimum absolute atomic E-state index is 0.198. The van der Waals surface area contributed by atoms with E-state index in [1.165, 1.54) is 6.07 Å². The van der Waals surface area contributed by atoms with Crippen LogP contribution in [0.15, 0.2) is 83.6 Å². The molecule has 0 saturated carbocycles. The summed E-state index contributed by atoms with van der Waals surface area (Å²) < 4.78 is 4.81. The van der Waals surface area contributed by atoms with Gasteiger partial charge in [0.05, 0.1) is 11.2 Å². The second kappa shape index (κ2) is 10.5. The zero-order chi connectivity index (χ0) is 24.8. The number of hydrogen-bond donors (Lipinski definition) is 3. The molecule has 9 heteroatoms. The molecule has 0 aliphatic heterocycles. The monoisotopic (exact) mass is 467 g/mol. The van der Waals surface area contributed by atoms with Crippen molar-refractivity contribution in [2.24, 2.45) is 5.84 Å². The molecule has 5 aromatic rings. The van der Waals surface area contributed by atoms with Crippen LogP contribution in [0.2, 0.25) is 0 Å². The van der Waals surface area contributed by atoms with Gasteiger partial charge in [0.2, 0.25) is 5.76 Å². The number of carboxylic acids is 1. The Morgan fingerprint density at radius 2 is 1.51 bits per heavy atom. The summed E-state index contributed by atoms with van der Waals surface area (Å²) in [4.78, 5) is 31.2. The van der Waals surface area contributed by atoms with Crippen LogP contribution in [0.4, 0.5) is 0 Å². The minimum Gasteiger partial charge on any atom is -0.475 e. The van der Waals surface area contributed by atoms with Crippen LogP contribution in [0.1, 0.15) is 20.9 Å². The van der Waals surface area contributed by atoms with E-state index in [4.69, 9.17) is 9.63 Å². The highest BCUT2D eigenvalue weighted by Crippen LogP contribution is 2.28. The second-order valence-electron chi connectivity index (χ2n) is 7.43. The zero-order valence-corrected chi connectivity index (χ0v) is 18.7. The molecule has 35 heavy (non-hydrogen) atoms. The maximum atomic E-state index is 11.5. The van der Waals surface area contributed by atoms with Gasteiger partial charge in [-0.15, -0.1) is 0 Å². The lowest BCUT2D eigenvalue weighted by atomic mass is 10.00. The SMILES string of the molecule is CNN.O=Cc1cc(-c2ccc(-c3ccc(-c4cc(C(=O)O)on4)cc3)cc2)nc2ccncc12. The van der Waals surface area contributed by atoms with Gasteiger partial charge in [0.1, 0.15) is 5.69 Å². The van der Waals surface area contributed by atoms with Gasteiger partial charge in [-0.1, -0.05) is 53.7 Å². The molecule has 3 aromatic heterocycles. The lowest BCUT2D eigenvalue weighted by Crippen LogP contribution is -2.13. The maximum absolute atomic E-state index is 11.5. The van der Waals surface area contributed by atoms with E-state index in [0.29, 0.717) is 17.0 Å². The molecule has 2 aromatic carbocycles. The number of nitrogens with zero attached hydrogens (tertiary/aromatic N) is 3. The fourth-order valence-electron chi connectivity index (χ4n) is 3.52. The van der Waals surface area contributed by atoms with E-state index < -0.39 is 5.97 Å². The fourth-order valence-corrected chi connectivity index (χ4v) is 3.52. The van der Waals surface area contributed by atoms with Gasteiger partial charge >= 0.3 is 5.97 Å². The number of rotatable bonds is 5. The van der Waals surface area contributed by atoms with Gasteiger partial charge in [-0.05, 0) is 30.3 Å². The summed E-state index contributed by atoms with van der Waals surface area (Å²) in [6.07, 6.45) is 4.12. The third-order valence-corrected chi connectivity index (χ3v) is 5.18. The summed E-state index contributed by atoms with van der Waals surface area (Å²) in [5, 5.41) is 13.5. The van der Waals surface area contributed by atoms with E-state index in [-0.39, 0.29) is 5.76 Å². The summed E-state index contributed by atoms with van der Waals surface area (Å²) in [5.74, 6) is 3.24. The van der Waals surface area contributed by atoms with E-state index in [0.717, 1.165) is 39.4 Å². The van der Waals surface area contributed by atoms with Gasteiger partial charge in [0, 0.05) is 40.5 Å². The topological polar surface area (TPSA) is 144 Å². The number of carbonyl (C=O) groups excluding carboxylic acids is 1. The molecule has 0 aliphatic rings. The van der Waals surface area contributed by atoms with E-state index in [1.807, 2.05) is 48.5 Å². The lowest BCUT2D eigenvalue weighted by molar-refractivity contribution is 0.0652. The summed E-state index contributed by atoms with van der Waals surface area (Å²) in [6, 6.07) is 20.4. The van der Waals surface area contributed by atoms with E-state index in [1.54, 1.807) is 31.6 Å². The standard InChI is InChI=1S/C25H15N3O4.CH6N2/c29-14-19-11-22(27-21-9-10-26-13-20(19)21)17-5-1-15(2-6-17)16-3-7-18(8-4-16)23-12-24(25(30)31)32-28-23;1-3-2/h1-14H,(H,30,31);3H,2H2,1H3. The van der Waals surface area contributed by atoms with Crippen LogP contribution >= 0.6 is 0 Å². The molecular weight excluding hydrogens is 446 g/mol. The minimum atomic E-state index is -1.15. The molecule has 0 atom stereocenters. The smallest absolute Gasteiger partial charge is 0.374 e. The van der Waals surface area contributed by atoms with E-state index in [9.17, 15) is 9.59 Å². The van der Waals surface area contributed by atoms with Crippen molar-refractivity contribution in [3.8, 4) is 33.6 Å². The van der Waals surface area contributed by atoms with Crippen LogP contribution < -0.4 is 11.3 Å². The summed E-state index contributed by atoms with van der Waals surface area (Å²) in [7, 11) is 1.65. The highest BCUT2D eigenvalue weighted by Gasteiger charge is 2.12. The highest BCUT2D eigenvalue weighted by molar-refractivity contribution is 5.97. The number of nitrogens with one attached hydrogen (secondary N) is 1. The average Bonchev–Trinajstić information content (AvgIpc) is 3.40. The zero-order valence-electron chi connectivity index (χ0n) is 18.7. The Morgan fingerprint density at radius 3 is 2.06 bits per heavy atom. The third kappa shape index (κ3) is 5.11. The van der Waals surface area contributed by atoms with E-state index >= 15 is 0 Å². The Balaban J connectivity index is 0.000000917. The van der Waals surface area contributed by atoms with Crippen LogP contribution in [-0.2, 0) is 0 Å². The Morgan fingerprint density at radius 1 is 0.943 bits per heavy atom. The first-order valence-electron chi connectivity index (χ1n) is 10.5. The molecule has 174 valence electrons. The molecule has 0 spiro atoms. The van der Waals surface area contributed by atoms with Crippen LogP contribution in [0.25, 0.3) is 44.5 Å². The maximum Gasteiger partial charge on any atom is 0.374 e. The molecule has 9 nitrogen and oxygen atoms in total. The van der Waals surface area contributed by atoms with Crippen LogP contribution in [-0.4, -0.2) is 39.5 Å². The number of hydrogen-bond acceptors (Lipinski definition) is 8. The van der Waals surface area contributed by atoms with Crippen molar-refractivity contribution in [1.82, 2.24) is 20.6 Å². The number of carbonyl (C=O) groups is 2. The fraction of sp³-hybridized carbons (Fsp3) is 0.0385. The summed E-state index contributed by atoms with van der Waals surface area (Å²) in [5.41, 5.74) is 8.37. The van der Waals surface area contributed by atoms with Crippen LogP contribution in [0.5, 0.6) is 0 Å². The summed E-state index contributed by atoms with van der Waals surface area (Å²) >= 11 is 0. The van der Waals surface area contributed by atoms with Crippen molar-refractivity contribution in [1.29, 1.82) is 0 Å². The van der Waals surface area contributed by atoms with Gasteiger partial charge in [0.15, 0.2) is 6.29 Å². The van der Waals surface area contributed by atoms with Gasteiger partial charge in [0.25, 0.3) is 0 Å².